The Kier molecular flexibility index (Phi) is 4.88. The van der Waals surface area contributed by atoms with Gasteiger partial charge in [-0.15, -0.1) is 0 Å². The third-order valence-corrected chi connectivity index (χ3v) is 5.03. The van der Waals surface area contributed by atoms with E-state index < -0.39 is 23.8 Å². The molecule has 1 fully saturated rings. The molecule has 3 N–H and O–H groups in total. The van der Waals surface area contributed by atoms with Crippen LogP contribution in [0.25, 0.3) is 0 Å². The van der Waals surface area contributed by atoms with E-state index in [-0.39, 0.29) is 30.4 Å². The molecular weight excluding hydrogens is 336 g/mol. The van der Waals surface area contributed by atoms with Crippen molar-refractivity contribution in [3.8, 4) is 0 Å². The second-order valence-electron chi connectivity index (χ2n) is 6.83. The van der Waals surface area contributed by atoms with Crippen molar-refractivity contribution in [1.29, 1.82) is 0 Å². The summed E-state index contributed by atoms with van der Waals surface area (Å²) >= 11 is 0. The van der Waals surface area contributed by atoms with E-state index in [9.17, 15) is 19.2 Å². The van der Waals surface area contributed by atoms with Crippen molar-refractivity contribution in [2.24, 2.45) is 5.73 Å². The number of hydrogen-bond acceptors (Lipinski definition) is 6. The third-order valence-electron chi connectivity index (χ3n) is 5.03. The molecule has 2 aliphatic heterocycles. The molecule has 138 valence electrons. The van der Waals surface area contributed by atoms with Gasteiger partial charge in [-0.1, -0.05) is 6.07 Å². The van der Waals surface area contributed by atoms with Gasteiger partial charge in [-0.05, 0) is 38.1 Å². The van der Waals surface area contributed by atoms with Gasteiger partial charge in [0, 0.05) is 25.6 Å². The van der Waals surface area contributed by atoms with Crippen LogP contribution in [0.1, 0.15) is 46.0 Å². The summed E-state index contributed by atoms with van der Waals surface area (Å²) in [5.41, 5.74) is 7.15. The van der Waals surface area contributed by atoms with Gasteiger partial charge in [0.2, 0.25) is 11.8 Å². The number of fused-ring (bicyclic) bond motifs is 1. The van der Waals surface area contributed by atoms with Crippen molar-refractivity contribution in [1.82, 2.24) is 15.1 Å². The average molecular weight is 358 g/mol. The van der Waals surface area contributed by atoms with Crippen molar-refractivity contribution in [3.63, 3.8) is 0 Å². The number of carbonyl (C=O) groups excluding carboxylic acids is 4. The number of piperidine rings is 1. The molecule has 1 aromatic rings. The van der Waals surface area contributed by atoms with Crippen LogP contribution in [0.15, 0.2) is 18.2 Å². The Morgan fingerprint density at radius 1 is 1.23 bits per heavy atom. The highest BCUT2D eigenvalue weighted by molar-refractivity contribution is 6.23. The van der Waals surface area contributed by atoms with Crippen molar-refractivity contribution < 1.29 is 19.2 Å². The molecule has 0 spiro atoms. The molecule has 2 unspecified atom stereocenters. The van der Waals surface area contributed by atoms with Gasteiger partial charge in [-0.3, -0.25) is 34.3 Å². The minimum Gasteiger partial charge on any atom is -0.329 e. The van der Waals surface area contributed by atoms with Gasteiger partial charge in [-0.2, -0.15) is 0 Å². The van der Waals surface area contributed by atoms with E-state index in [0.717, 1.165) is 10.5 Å². The molecule has 0 bridgehead atoms. The second-order valence-corrected chi connectivity index (χ2v) is 6.83. The Morgan fingerprint density at radius 3 is 2.58 bits per heavy atom. The Morgan fingerprint density at radius 2 is 1.92 bits per heavy atom. The molecule has 8 heteroatoms. The highest BCUT2D eigenvalue weighted by atomic mass is 16.2. The number of nitrogens with two attached hydrogens (primary N) is 1. The summed E-state index contributed by atoms with van der Waals surface area (Å²) in [6.07, 6.45) is 0.260. The number of likely N-dealkylation sites (N-methyl/N-ethyl adjacent to an activating group) is 1. The fourth-order valence-corrected chi connectivity index (χ4v) is 3.24. The zero-order valence-corrected chi connectivity index (χ0v) is 14.8. The predicted molar refractivity (Wildman–Crippen MR) is 93.1 cm³/mol. The number of carbonyl (C=O) groups is 4. The molecule has 2 heterocycles. The van der Waals surface area contributed by atoms with Crippen LogP contribution >= 0.6 is 0 Å². The molecule has 1 saturated heterocycles. The van der Waals surface area contributed by atoms with E-state index in [2.05, 4.69) is 10.2 Å². The summed E-state index contributed by atoms with van der Waals surface area (Å²) in [7, 11) is 1.94. The quantitative estimate of drug-likeness (QED) is 0.709. The lowest BCUT2D eigenvalue weighted by atomic mass is 10.0. The number of nitrogens with one attached hydrogen (secondary N) is 1. The number of nitrogens with zero attached hydrogens (tertiary/aromatic N) is 2. The summed E-state index contributed by atoms with van der Waals surface area (Å²) in [4.78, 5) is 51.8. The van der Waals surface area contributed by atoms with E-state index in [0.29, 0.717) is 18.7 Å². The van der Waals surface area contributed by atoms with Crippen LogP contribution in [-0.2, 0) is 16.1 Å². The maximum absolute atomic E-state index is 12.8. The first-order valence-corrected chi connectivity index (χ1v) is 8.58. The highest BCUT2D eigenvalue weighted by Gasteiger charge is 2.44. The molecule has 26 heavy (non-hydrogen) atoms. The number of amides is 4. The van der Waals surface area contributed by atoms with Crippen LogP contribution < -0.4 is 11.1 Å². The minimum absolute atomic E-state index is 0.108. The maximum atomic E-state index is 12.8. The van der Waals surface area contributed by atoms with Gasteiger partial charge < -0.3 is 5.73 Å². The molecule has 2 aliphatic rings. The number of rotatable bonds is 5. The Hall–Kier alpha value is -2.58. The van der Waals surface area contributed by atoms with Crippen LogP contribution in [0.4, 0.5) is 0 Å². The molecule has 8 nitrogen and oxygen atoms in total. The summed E-state index contributed by atoms with van der Waals surface area (Å²) < 4.78 is 0. The lowest BCUT2D eigenvalue weighted by Crippen LogP contribution is -2.54. The van der Waals surface area contributed by atoms with Crippen LogP contribution in [0, 0.1) is 0 Å². The first-order chi connectivity index (χ1) is 12.3. The molecule has 2 atom stereocenters. The summed E-state index contributed by atoms with van der Waals surface area (Å²) in [5, 5.41) is 2.19. The zero-order chi connectivity index (χ0) is 19.0. The molecule has 1 aromatic carbocycles. The van der Waals surface area contributed by atoms with E-state index in [1.165, 1.54) is 0 Å². The van der Waals surface area contributed by atoms with E-state index >= 15 is 0 Å². The Balaban J connectivity index is 1.84. The minimum atomic E-state index is -0.941. The van der Waals surface area contributed by atoms with Crippen LogP contribution in [0.2, 0.25) is 0 Å². The largest absolute Gasteiger partial charge is 0.329 e. The van der Waals surface area contributed by atoms with Gasteiger partial charge in [0.05, 0.1) is 11.1 Å². The molecule has 0 saturated carbocycles. The van der Waals surface area contributed by atoms with E-state index in [1.807, 2.05) is 14.0 Å². The number of hydrogen-bond donors (Lipinski definition) is 2. The van der Waals surface area contributed by atoms with Crippen molar-refractivity contribution in [3.05, 3.63) is 34.9 Å². The third kappa shape index (κ3) is 3.13. The van der Waals surface area contributed by atoms with Crippen LogP contribution in [0.3, 0.4) is 0 Å². The molecule has 0 aliphatic carbocycles. The lowest BCUT2D eigenvalue weighted by Gasteiger charge is -2.27. The van der Waals surface area contributed by atoms with E-state index in [4.69, 9.17) is 5.73 Å². The fourth-order valence-electron chi connectivity index (χ4n) is 3.24. The monoisotopic (exact) mass is 358 g/mol. The Bertz CT molecular complexity index is 791. The zero-order valence-electron chi connectivity index (χ0n) is 14.8. The van der Waals surface area contributed by atoms with Crippen molar-refractivity contribution in [2.75, 3.05) is 13.6 Å². The molecule has 4 amide bonds. The Labute approximate surface area is 151 Å². The van der Waals surface area contributed by atoms with Crippen molar-refractivity contribution >= 4 is 23.6 Å². The van der Waals surface area contributed by atoms with E-state index in [1.54, 1.807) is 18.2 Å². The molecule has 0 aromatic heterocycles. The molecular formula is C18H22N4O4. The molecule has 3 rings (SSSR count). The van der Waals surface area contributed by atoms with Crippen LogP contribution in [0.5, 0.6) is 0 Å². The highest BCUT2D eigenvalue weighted by Crippen LogP contribution is 2.28. The van der Waals surface area contributed by atoms with Gasteiger partial charge in [0.15, 0.2) is 0 Å². The summed E-state index contributed by atoms with van der Waals surface area (Å²) in [6, 6.07) is 4.36. The first-order valence-electron chi connectivity index (χ1n) is 8.58. The summed E-state index contributed by atoms with van der Waals surface area (Å²) in [6.45, 7) is 3.11. The number of benzene rings is 1. The lowest BCUT2D eigenvalue weighted by molar-refractivity contribution is -0.136. The van der Waals surface area contributed by atoms with Crippen LogP contribution in [-0.4, -0.2) is 59.1 Å². The van der Waals surface area contributed by atoms with Gasteiger partial charge in [0.1, 0.15) is 6.04 Å². The van der Waals surface area contributed by atoms with Gasteiger partial charge in [0.25, 0.3) is 11.8 Å². The maximum Gasteiger partial charge on any atom is 0.262 e. The number of imide groups is 2. The standard InChI is InChI=1S/C18H22N4O4/c1-10(8-19)21(2)9-11-3-4-12-13(7-11)18(26)22(17(12)25)14-5-6-15(23)20-16(14)24/h3-4,7,10,14H,5-6,8-9,19H2,1-2H3,(H,20,23,24). The summed E-state index contributed by atoms with van der Waals surface area (Å²) in [5.74, 6) is -1.97. The predicted octanol–water partition coefficient (Wildman–Crippen LogP) is -0.133. The fraction of sp³-hybridized carbons (Fsp3) is 0.444. The van der Waals surface area contributed by atoms with Crippen molar-refractivity contribution in [2.45, 2.75) is 38.4 Å². The average Bonchev–Trinajstić information content (AvgIpc) is 2.85. The van der Waals surface area contributed by atoms with Gasteiger partial charge >= 0.3 is 0 Å². The smallest absolute Gasteiger partial charge is 0.262 e. The normalized spacial score (nSPS) is 21.2. The first kappa shape index (κ1) is 18.2. The SMILES string of the molecule is CC(CN)N(C)Cc1ccc2c(c1)C(=O)N(C1CCC(=O)NC1=O)C2=O. The van der Waals surface area contributed by atoms with Gasteiger partial charge in [-0.25, -0.2) is 0 Å². The second kappa shape index (κ2) is 6.97. The topological polar surface area (TPSA) is 113 Å². The molecule has 0 radical (unpaired) electrons.